The van der Waals surface area contributed by atoms with E-state index in [0.717, 1.165) is 50.3 Å². The predicted molar refractivity (Wildman–Crippen MR) is 168 cm³/mol. The number of pyridine rings is 1. The summed E-state index contributed by atoms with van der Waals surface area (Å²) < 4.78 is 24.8. The smallest absolute Gasteiger partial charge is 0.213 e. The number of nitriles is 1. The van der Waals surface area contributed by atoms with E-state index in [0.29, 0.717) is 34.6 Å². The zero-order valence-corrected chi connectivity index (χ0v) is 30.5. The van der Waals surface area contributed by atoms with Crippen LogP contribution in [0.15, 0.2) is 66.7 Å². The van der Waals surface area contributed by atoms with Gasteiger partial charge in [0.15, 0.2) is 0 Å². The van der Waals surface area contributed by atoms with Gasteiger partial charge in [0.05, 0.1) is 24.0 Å². The molecule has 2 fully saturated rings. The van der Waals surface area contributed by atoms with Gasteiger partial charge >= 0.3 is 0 Å². The number of rotatable bonds is 8. The first kappa shape index (κ1) is 37.4. The normalized spacial score (nSPS) is 16.0. The van der Waals surface area contributed by atoms with Crippen molar-refractivity contribution >= 4 is 6.29 Å². The third-order valence-electron chi connectivity index (χ3n) is 7.68. The Balaban J connectivity index is 0.000000324. The topological polar surface area (TPSA) is 75.4 Å². The van der Waals surface area contributed by atoms with Crippen molar-refractivity contribution in [1.82, 2.24) is 9.88 Å². The molecular formula is C36H43FN3O3U-. The molecule has 1 aromatic heterocycles. The molecule has 1 unspecified atom stereocenters. The molecule has 2 aliphatic heterocycles. The van der Waals surface area contributed by atoms with Gasteiger partial charge in [0.2, 0.25) is 5.88 Å². The van der Waals surface area contributed by atoms with Crippen molar-refractivity contribution in [3.63, 3.8) is 0 Å². The van der Waals surface area contributed by atoms with E-state index in [1.807, 2.05) is 50.5 Å². The standard InChI is InChI=1S/C22H24FN3O.C9H9O.C5H10O.U/c1-16(2)14-26-10-8-18(9-11-26)21-4-3-5-22(25-21)27-15-19-7-6-17(13-24)12-20(19)23;1-7-3-4-9(6-10)5-8(7)2;1-2-5-3-4-6-5;/h3-7,12,18H,1,8-11,14-15H2,2H3;3-5H,1-2H3;5H,2-4H2,1H3;/q;-1;;. The van der Waals surface area contributed by atoms with Crippen LogP contribution in [0.5, 0.6) is 5.88 Å². The van der Waals surface area contributed by atoms with E-state index >= 15 is 0 Å². The van der Waals surface area contributed by atoms with Crippen molar-refractivity contribution in [2.75, 3.05) is 26.2 Å². The summed E-state index contributed by atoms with van der Waals surface area (Å²) in [7, 11) is 0. The first-order chi connectivity index (χ1) is 20.7. The fourth-order valence-corrected chi connectivity index (χ4v) is 4.80. The van der Waals surface area contributed by atoms with Gasteiger partial charge in [-0.3, -0.25) is 4.90 Å². The fourth-order valence-electron chi connectivity index (χ4n) is 4.80. The van der Waals surface area contributed by atoms with E-state index in [-0.39, 0.29) is 37.7 Å². The van der Waals surface area contributed by atoms with Crippen LogP contribution in [0.1, 0.15) is 79.0 Å². The molecule has 0 N–H and O–H groups in total. The zero-order valence-electron chi connectivity index (χ0n) is 26.4. The Morgan fingerprint density at radius 2 is 1.86 bits per heavy atom. The van der Waals surface area contributed by atoms with Crippen molar-refractivity contribution < 1.29 is 49.8 Å². The monoisotopic (exact) mass is 822 g/mol. The van der Waals surface area contributed by atoms with Gasteiger partial charge in [-0.05, 0) is 70.8 Å². The van der Waals surface area contributed by atoms with Crippen LogP contribution < -0.4 is 4.74 Å². The maximum absolute atomic E-state index is 14.0. The minimum absolute atomic E-state index is 0. The number of halogens is 1. The van der Waals surface area contributed by atoms with Crippen molar-refractivity contribution in [1.29, 1.82) is 5.26 Å². The SMILES string of the molecule is C=C(C)CN1CCC(c2cccc(OCc3ccc(C#N)cc3F)n2)CC1.CCC1CCO1.Cc1ccc([C-]=O)cc1C.[U]. The number of hydrogen-bond donors (Lipinski definition) is 0. The number of ether oxygens (including phenoxy) is 2. The summed E-state index contributed by atoms with van der Waals surface area (Å²) in [6.07, 6.45) is 7.07. The first-order valence-electron chi connectivity index (χ1n) is 14.9. The second kappa shape index (κ2) is 19.6. The Morgan fingerprint density at radius 3 is 2.39 bits per heavy atom. The van der Waals surface area contributed by atoms with Crippen molar-refractivity contribution in [2.45, 2.75) is 72.0 Å². The Bertz CT molecular complexity index is 1390. The van der Waals surface area contributed by atoms with Crippen LogP contribution >= 0.6 is 0 Å². The van der Waals surface area contributed by atoms with Gasteiger partial charge in [-0.15, -0.1) is 11.6 Å². The third-order valence-corrected chi connectivity index (χ3v) is 7.68. The van der Waals surface area contributed by atoms with Crippen LogP contribution in [0, 0.1) is 62.1 Å². The summed E-state index contributed by atoms with van der Waals surface area (Å²) in [4.78, 5) is 17.2. The number of nitrogens with zero attached hydrogens (tertiary/aromatic N) is 3. The molecule has 0 amide bonds. The Hall–Kier alpha value is -2.81. The van der Waals surface area contributed by atoms with E-state index in [4.69, 9.17) is 14.7 Å². The van der Waals surface area contributed by atoms with Crippen LogP contribution in [0.3, 0.4) is 0 Å². The summed E-state index contributed by atoms with van der Waals surface area (Å²) in [6.45, 7) is 16.3. The molecule has 3 aromatic rings. The molecule has 0 spiro atoms. The second-order valence-corrected chi connectivity index (χ2v) is 11.2. The van der Waals surface area contributed by atoms with E-state index in [9.17, 15) is 9.18 Å². The molecule has 44 heavy (non-hydrogen) atoms. The quantitative estimate of drug-likeness (QED) is 0.175. The molecule has 0 bridgehead atoms. The molecule has 6 nitrogen and oxygen atoms in total. The number of piperidine rings is 1. The Labute approximate surface area is 286 Å². The average molecular weight is 823 g/mol. The zero-order chi connectivity index (χ0) is 31.2. The Morgan fingerprint density at radius 1 is 1.14 bits per heavy atom. The van der Waals surface area contributed by atoms with E-state index < -0.39 is 5.82 Å². The molecule has 8 heteroatoms. The van der Waals surface area contributed by atoms with Crippen molar-refractivity contribution in [3.05, 3.63) is 106 Å². The van der Waals surface area contributed by atoms with Crippen LogP contribution in [-0.4, -0.2) is 48.5 Å². The van der Waals surface area contributed by atoms with Crippen LogP contribution in [0.25, 0.3) is 0 Å². The largest absolute Gasteiger partial charge is 0.473 e. The summed E-state index contributed by atoms with van der Waals surface area (Å²) in [6, 6.07) is 17.6. The number of carbonyl (C=O) groups excluding carboxylic acids is 1. The number of likely N-dealkylation sites (tertiary alicyclic amines) is 1. The maximum Gasteiger partial charge on any atom is 0.213 e. The van der Waals surface area contributed by atoms with Gasteiger partial charge in [-0.1, -0.05) is 43.7 Å². The van der Waals surface area contributed by atoms with Crippen molar-refractivity contribution in [3.8, 4) is 11.9 Å². The van der Waals surface area contributed by atoms with Gasteiger partial charge < -0.3 is 14.3 Å². The van der Waals surface area contributed by atoms with Crippen LogP contribution in [0.4, 0.5) is 4.39 Å². The van der Waals surface area contributed by atoms with Crippen LogP contribution in [0.2, 0.25) is 0 Å². The van der Waals surface area contributed by atoms with Gasteiger partial charge in [-0.25, -0.2) is 9.37 Å². The molecule has 0 saturated carbocycles. The summed E-state index contributed by atoms with van der Waals surface area (Å²) in [5, 5.41) is 8.81. The minimum atomic E-state index is -0.435. The second-order valence-electron chi connectivity index (χ2n) is 11.2. The Kier molecular flexibility index (Phi) is 16.6. The molecule has 3 heterocycles. The minimum Gasteiger partial charge on any atom is -0.473 e. The molecule has 5 rings (SSSR count). The first-order valence-corrected chi connectivity index (χ1v) is 14.9. The number of aromatic nitrogens is 1. The molecule has 2 saturated heterocycles. The van der Waals surface area contributed by atoms with Gasteiger partial charge in [0.1, 0.15) is 12.4 Å². The molecule has 0 radical (unpaired) electrons. The number of benzene rings is 2. The molecule has 2 aliphatic rings. The molecule has 2 aromatic carbocycles. The summed E-state index contributed by atoms with van der Waals surface area (Å²) in [5.41, 5.74) is 5.91. The van der Waals surface area contributed by atoms with E-state index in [1.165, 1.54) is 30.0 Å². The summed E-state index contributed by atoms with van der Waals surface area (Å²) in [5.74, 6) is 0.484. The summed E-state index contributed by atoms with van der Waals surface area (Å²) >= 11 is 0. The van der Waals surface area contributed by atoms with E-state index in [2.05, 4.69) is 30.3 Å². The van der Waals surface area contributed by atoms with Gasteiger partial charge in [0.25, 0.3) is 0 Å². The van der Waals surface area contributed by atoms with Crippen LogP contribution in [-0.2, 0) is 16.1 Å². The molecule has 1 atom stereocenters. The fraction of sp³-hybridized carbons (Fsp3) is 0.417. The number of hydrogen-bond acceptors (Lipinski definition) is 6. The maximum atomic E-state index is 14.0. The van der Waals surface area contributed by atoms with Gasteiger partial charge in [0, 0.05) is 67.5 Å². The average Bonchev–Trinajstić information content (AvgIpc) is 2.98. The molecule has 232 valence electrons. The van der Waals surface area contributed by atoms with Gasteiger partial charge in [-0.2, -0.15) is 23.0 Å². The number of aryl methyl sites for hydroxylation is 2. The van der Waals surface area contributed by atoms with E-state index in [1.54, 1.807) is 24.3 Å². The molecular weight excluding hydrogens is 779 g/mol. The molecule has 0 aliphatic carbocycles. The predicted octanol–water partition coefficient (Wildman–Crippen LogP) is 7.37. The third kappa shape index (κ3) is 12.3. The van der Waals surface area contributed by atoms with Crippen molar-refractivity contribution in [2.24, 2.45) is 0 Å².